The first-order valence-electron chi connectivity index (χ1n) is 10.0. The summed E-state index contributed by atoms with van der Waals surface area (Å²) >= 11 is 1.65. The topological polar surface area (TPSA) is 89.1 Å². The Bertz CT molecular complexity index is 868. The molecule has 0 saturated carbocycles. The number of carbonyl (C=O) groups is 2. The van der Waals surface area contributed by atoms with Crippen molar-refractivity contribution >= 4 is 29.0 Å². The van der Waals surface area contributed by atoms with Gasteiger partial charge in [0.15, 0.2) is 11.5 Å². The normalized spacial score (nSPS) is 17.7. The minimum Gasteiger partial charge on any atom is -0.486 e. The van der Waals surface area contributed by atoms with E-state index in [2.05, 4.69) is 10.6 Å². The first-order valence-corrected chi connectivity index (χ1v) is 10.9. The molecule has 1 atom stereocenters. The number of urea groups is 1. The van der Waals surface area contributed by atoms with E-state index in [0.717, 1.165) is 19.4 Å². The number of nitrogens with zero attached hydrogens (tertiary/aromatic N) is 1. The molecule has 3 heterocycles. The molecule has 8 nitrogen and oxygen atoms in total. The number of ether oxygens (including phenoxy) is 3. The fourth-order valence-electron chi connectivity index (χ4n) is 3.54. The number of hydrogen-bond acceptors (Lipinski definition) is 7. The van der Waals surface area contributed by atoms with Crippen molar-refractivity contribution in [2.75, 3.05) is 38.2 Å². The number of hydrogen-bond donors (Lipinski definition) is 2. The van der Waals surface area contributed by atoms with Crippen molar-refractivity contribution in [1.82, 2.24) is 10.2 Å². The van der Waals surface area contributed by atoms with Crippen molar-refractivity contribution in [2.45, 2.75) is 25.5 Å². The van der Waals surface area contributed by atoms with Gasteiger partial charge in [0, 0.05) is 36.3 Å². The monoisotopic (exact) mass is 431 g/mol. The van der Waals surface area contributed by atoms with E-state index in [1.165, 1.54) is 4.88 Å². The van der Waals surface area contributed by atoms with Crippen molar-refractivity contribution in [2.24, 2.45) is 0 Å². The summed E-state index contributed by atoms with van der Waals surface area (Å²) in [6.45, 7) is 3.16. The first-order chi connectivity index (χ1) is 14.7. The molecule has 2 aliphatic heterocycles. The SMILES string of the molecule is O=C(CN(Cc1cccs1)CC1CCCO1)NC(=O)Nc1ccc2c(c1)OCCO2. The number of thiophene rings is 1. The zero-order chi connectivity index (χ0) is 20.8. The molecule has 2 aliphatic rings. The Morgan fingerprint density at radius 1 is 1.13 bits per heavy atom. The quantitative estimate of drug-likeness (QED) is 0.701. The number of carbonyl (C=O) groups excluding carboxylic acids is 2. The summed E-state index contributed by atoms with van der Waals surface area (Å²) in [6, 6.07) is 8.57. The lowest BCUT2D eigenvalue weighted by molar-refractivity contribution is -0.121. The molecule has 2 aromatic rings. The van der Waals surface area contributed by atoms with Crippen LogP contribution in [0.15, 0.2) is 35.7 Å². The van der Waals surface area contributed by atoms with Gasteiger partial charge >= 0.3 is 6.03 Å². The van der Waals surface area contributed by atoms with Gasteiger partial charge in [0.2, 0.25) is 5.91 Å². The summed E-state index contributed by atoms with van der Waals surface area (Å²) in [4.78, 5) is 28.0. The smallest absolute Gasteiger partial charge is 0.325 e. The lowest BCUT2D eigenvalue weighted by Crippen LogP contribution is -2.43. The van der Waals surface area contributed by atoms with Crippen LogP contribution in [0.4, 0.5) is 10.5 Å². The Morgan fingerprint density at radius 2 is 2.00 bits per heavy atom. The summed E-state index contributed by atoms with van der Waals surface area (Å²) in [5, 5.41) is 7.08. The third kappa shape index (κ3) is 5.71. The van der Waals surface area contributed by atoms with Gasteiger partial charge in [-0.3, -0.25) is 15.0 Å². The van der Waals surface area contributed by atoms with Crippen LogP contribution in [0, 0.1) is 0 Å². The molecule has 1 unspecified atom stereocenters. The predicted octanol–water partition coefficient (Wildman–Crippen LogP) is 2.85. The summed E-state index contributed by atoms with van der Waals surface area (Å²) in [6.07, 6.45) is 2.17. The van der Waals surface area contributed by atoms with Crippen LogP contribution in [0.2, 0.25) is 0 Å². The van der Waals surface area contributed by atoms with Crippen molar-refractivity contribution in [1.29, 1.82) is 0 Å². The van der Waals surface area contributed by atoms with Crippen LogP contribution in [0.25, 0.3) is 0 Å². The van der Waals surface area contributed by atoms with Gasteiger partial charge < -0.3 is 19.5 Å². The maximum atomic E-state index is 12.5. The van der Waals surface area contributed by atoms with E-state index >= 15 is 0 Å². The Balaban J connectivity index is 1.31. The molecule has 4 rings (SSSR count). The predicted molar refractivity (Wildman–Crippen MR) is 113 cm³/mol. The van der Waals surface area contributed by atoms with Gasteiger partial charge in [-0.2, -0.15) is 0 Å². The fraction of sp³-hybridized carbons (Fsp3) is 0.429. The van der Waals surface area contributed by atoms with Gasteiger partial charge in [-0.25, -0.2) is 4.79 Å². The maximum absolute atomic E-state index is 12.5. The number of anilines is 1. The van der Waals surface area contributed by atoms with Crippen molar-refractivity contribution < 1.29 is 23.8 Å². The number of nitrogens with one attached hydrogen (secondary N) is 2. The van der Waals surface area contributed by atoms with Crippen molar-refractivity contribution in [3.63, 3.8) is 0 Å². The zero-order valence-corrected chi connectivity index (χ0v) is 17.4. The Labute approximate surface area is 179 Å². The average Bonchev–Trinajstić information content (AvgIpc) is 3.42. The maximum Gasteiger partial charge on any atom is 0.325 e. The molecule has 9 heteroatoms. The van der Waals surface area contributed by atoms with Crippen LogP contribution in [-0.4, -0.2) is 55.9 Å². The van der Waals surface area contributed by atoms with Gasteiger partial charge in [-0.15, -0.1) is 11.3 Å². The summed E-state index contributed by atoms with van der Waals surface area (Å²) in [5.74, 6) is 0.852. The van der Waals surface area contributed by atoms with Crippen LogP contribution in [0.3, 0.4) is 0 Å². The fourth-order valence-corrected chi connectivity index (χ4v) is 4.28. The van der Waals surface area contributed by atoms with E-state index in [-0.39, 0.29) is 18.6 Å². The molecule has 0 spiro atoms. The number of fused-ring (bicyclic) bond motifs is 1. The Hall–Kier alpha value is -2.62. The minimum absolute atomic E-state index is 0.117. The molecule has 2 N–H and O–H groups in total. The highest BCUT2D eigenvalue weighted by molar-refractivity contribution is 7.09. The van der Waals surface area contributed by atoms with E-state index in [0.29, 0.717) is 43.5 Å². The molecular formula is C21H25N3O5S. The van der Waals surface area contributed by atoms with Crippen LogP contribution < -0.4 is 20.1 Å². The van der Waals surface area contributed by atoms with Crippen LogP contribution in [-0.2, 0) is 16.1 Å². The van der Waals surface area contributed by atoms with Crippen molar-refractivity contribution in [3.8, 4) is 11.5 Å². The number of benzene rings is 1. The van der Waals surface area contributed by atoms with E-state index in [9.17, 15) is 9.59 Å². The van der Waals surface area contributed by atoms with E-state index in [4.69, 9.17) is 14.2 Å². The summed E-state index contributed by atoms with van der Waals surface area (Å²) in [7, 11) is 0. The molecular weight excluding hydrogens is 406 g/mol. The first kappa shape index (κ1) is 20.6. The van der Waals surface area contributed by atoms with Crippen molar-refractivity contribution in [3.05, 3.63) is 40.6 Å². The second-order valence-corrected chi connectivity index (χ2v) is 8.28. The van der Waals surface area contributed by atoms with Gasteiger partial charge in [-0.1, -0.05) is 6.07 Å². The van der Waals surface area contributed by atoms with E-state index < -0.39 is 6.03 Å². The molecule has 160 valence electrons. The molecule has 0 radical (unpaired) electrons. The summed E-state index contributed by atoms with van der Waals surface area (Å²) < 4.78 is 16.7. The van der Waals surface area contributed by atoms with E-state index in [1.54, 1.807) is 29.5 Å². The Kier molecular flexibility index (Phi) is 6.83. The molecule has 1 saturated heterocycles. The van der Waals surface area contributed by atoms with Crippen LogP contribution in [0.1, 0.15) is 17.7 Å². The molecule has 0 aliphatic carbocycles. The molecule has 3 amide bonds. The molecule has 1 aromatic carbocycles. The molecule has 0 bridgehead atoms. The van der Waals surface area contributed by atoms with Gasteiger partial charge in [-0.05, 0) is 36.4 Å². The number of rotatable bonds is 7. The molecule has 30 heavy (non-hydrogen) atoms. The summed E-state index contributed by atoms with van der Waals surface area (Å²) in [5.41, 5.74) is 0.527. The third-order valence-electron chi connectivity index (χ3n) is 4.87. The second-order valence-electron chi connectivity index (χ2n) is 7.24. The lowest BCUT2D eigenvalue weighted by Gasteiger charge is -2.24. The minimum atomic E-state index is -0.579. The number of amides is 3. The highest BCUT2D eigenvalue weighted by atomic mass is 32.1. The average molecular weight is 432 g/mol. The highest BCUT2D eigenvalue weighted by Gasteiger charge is 2.22. The molecule has 1 fully saturated rings. The van der Waals surface area contributed by atoms with Gasteiger partial charge in [0.1, 0.15) is 13.2 Å². The lowest BCUT2D eigenvalue weighted by atomic mass is 10.2. The highest BCUT2D eigenvalue weighted by Crippen LogP contribution is 2.32. The second kappa shape index (κ2) is 9.92. The zero-order valence-electron chi connectivity index (χ0n) is 16.6. The standard InChI is InChI=1S/C21H25N3O5S/c25-20(14-24(12-16-3-1-7-27-16)13-17-4-2-10-30-17)23-21(26)22-15-5-6-18-19(11-15)29-9-8-28-18/h2,4-6,10-11,16H,1,3,7-9,12-14H2,(H2,22,23,25,26). The largest absolute Gasteiger partial charge is 0.486 e. The third-order valence-corrected chi connectivity index (χ3v) is 5.73. The van der Waals surface area contributed by atoms with Gasteiger partial charge in [0.05, 0.1) is 12.6 Å². The Morgan fingerprint density at radius 3 is 2.77 bits per heavy atom. The van der Waals surface area contributed by atoms with E-state index in [1.807, 2.05) is 22.4 Å². The number of imide groups is 1. The van der Waals surface area contributed by atoms with Crippen LogP contribution >= 0.6 is 11.3 Å². The van der Waals surface area contributed by atoms with Gasteiger partial charge in [0.25, 0.3) is 0 Å². The van der Waals surface area contributed by atoms with Crippen LogP contribution in [0.5, 0.6) is 11.5 Å². The molecule has 1 aromatic heterocycles.